The minimum absolute atomic E-state index is 0.249. The molecule has 0 aliphatic rings. The van der Waals surface area contributed by atoms with Gasteiger partial charge >= 0.3 is 5.63 Å². The molecule has 1 heterocycles. The molecule has 1 amide bonds. The standard InChI is InChI=1S/C17H12BrNO4/c1-22-12-5-6-13-14(9-16(20)23-15(13)8-12)17(21)19-11-4-2-3-10(18)7-11/h2-9H,1H3,(H,19,21). The second-order valence-corrected chi connectivity index (χ2v) is 5.72. The fraction of sp³-hybridized carbons (Fsp3) is 0.0588. The van der Waals surface area contributed by atoms with E-state index in [0.29, 0.717) is 22.4 Å². The molecule has 6 heteroatoms. The van der Waals surface area contributed by atoms with Crippen LogP contribution in [0.15, 0.2) is 62.2 Å². The highest BCUT2D eigenvalue weighted by atomic mass is 79.9. The number of halogens is 1. The second-order valence-electron chi connectivity index (χ2n) is 4.81. The van der Waals surface area contributed by atoms with Crippen molar-refractivity contribution in [1.29, 1.82) is 0 Å². The van der Waals surface area contributed by atoms with Gasteiger partial charge in [0.1, 0.15) is 11.3 Å². The first kappa shape index (κ1) is 15.3. The lowest BCUT2D eigenvalue weighted by Crippen LogP contribution is -2.15. The van der Waals surface area contributed by atoms with Crippen LogP contribution in [-0.4, -0.2) is 13.0 Å². The lowest BCUT2D eigenvalue weighted by molar-refractivity contribution is 0.102. The number of methoxy groups -OCH3 is 1. The van der Waals surface area contributed by atoms with Crippen LogP contribution >= 0.6 is 15.9 Å². The van der Waals surface area contributed by atoms with E-state index >= 15 is 0 Å². The zero-order valence-corrected chi connectivity index (χ0v) is 13.7. The van der Waals surface area contributed by atoms with Gasteiger partial charge < -0.3 is 14.5 Å². The Kier molecular flexibility index (Phi) is 4.16. The van der Waals surface area contributed by atoms with Gasteiger partial charge in [-0.3, -0.25) is 4.79 Å². The first-order valence-electron chi connectivity index (χ1n) is 6.75. The summed E-state index contributed by atoms with van der Waals surface area (Å²) in [6, 6.07) is 13.4. The van der Waals surface area contributed by atoms with Gasteiger partial charge in [0.15, 0.2) is 0 Å². The van der Waals surface area contributed by atoms with E-state index < -0.39 is 5.63 Å². The number of benzene rings is 2. The maximum Gasteiger partial charge on any atom is 0.337 e. The molecule has 0 bridgehead atoms. The summed E-state index contributed by atoms with van der Waals surface area (Å²) in [6.07, 6.45) is 0. The highest BCUT2D eigenvalue weighted by Gasteiger charge is 2.14. The molecule has 0 fully saturated rings. The topological polar surface area (TPSA) is 68.5 Å². The van der Waals surface area contributed by atoms with Crippen molar-refractivity contribution in [2.24, 2.45) is 0 Å². The average Bonchev–Trinajstić information content (AvgIpc) is 2.53. The molecular weight excluding hydrogens is 362 g/mol. The Morgan fingerprint density at radius 2 is 2.00 bits per heavy atom. The SMILES string of the molecule is COc1ccc2c(C(=O)Nc3cccc(Br)c3)cc(=O)oc2c1. The Hall–Kier alpha value is -2.60. The monoisotopic (exact) mass is 373 g/mol. The Labute approximate surface area is 140 Å². The van der Waals surface area contributed by atoms with Gasteiger partial charge in [-0.2, -0.15) is 0 Å². The number of carbonyl (C=O) groups is 1. The van der Waals surface area contributed by atoms with Crippen molar-refractivity contribution < 1.29 is 13.9 Å². The number of rotatable bonds is 3. The summed E-state index contributed by atoms with van der Waals surface area (Å²) in [5.41, 5.74) is 0.583. The molecule has 0 aliphatic heterocycles. The van der Waals surface area contributed by atoms with Crippen LogP contribution in [-0.2, 0) is 0 Å². The van der Waals surface area contributed by atoms with Gasteiger partial charge in [0.25, 0.3) is 5.91 Å². The summed E-state index contributed by atoms with van der Waals surface area (Å²) >= 11 is 3.35. The van der Waals surface area contributed by atoms with Gasteiger partial charge in [-0.1, -0.05) is 22.0 Å². The fourth-order valence-electron chi connectivity index (χ4n) is 2.22. The smallest absolute Gasteiger partial charge is 0.337 e. The first-order valence-corrected chi connectivity index (χ1v) is 7.55. The largest absolute Gasteiger partial charge is 0.497 e. The Bertz CT molecular complexity index is 949. The van der Waals surface area contributed by atoms with Crippen LogP contribution in [0.4, 0.5) is 5.69 Å². The Balaban J connectivity index is 2.04. The third kappa shape index (κ3) is 3.27. The molecule has 116 valence electrons. The minimum Gasteiger partial charge on any atom is -0.497 e. The molecule has 3 rings (SSSR count). The van der Waals surface area contributed by atoms with Gasteiger partial charge in [-0.05, 0) is 30.3 Å². The van der Waals surface area contributed by atoms with Crippen molar-refractivity contribution in [2.45, 2.75) is 0 Å². The molecule has 0 saturated heterocycles. The molecule has 0 radical (unpaired) electrons. The maximum atomic E-state index is 12.5. The summed E-state index contributed by atoms with van der Waals surface area (Å²) < 4.78 is 11.1. The van der Waals surface area contributed by atoms with E-state index in [1.54, 1.807) is 30.3 Å². The van der Waals surface area contributed by atoms with Crippen molar-refractivity contribution in [1.82, 2.24) is 0 Å². The number of hydrogen-bond donors (Lipinski definition) is 1. The predicted octanol–water partition coefficient (Wildman–Crippen LogP) is 3.82. The Morgan fingerprint density at radius 3 is 2.74 bits per heavy atom. The van der Waals surface area contributed by atoms with E-state index in [1.807, 2.05) is 12.1 Å². The molecule has 1 N–H and O–H groups in total. The first-order chi connectivity index (χ1) is 11.1. The fourth-order valence-corrected chi connectivity index (χ4v) is 2.62. The summed E-state index contributed by atoms with van der Waals surface area (Å²) in [4.78, 5) is 24.2. The van der Waals surface area contributed by atoms with E-state index in [0.717, 1.165) is 4.47 Å². The third-order valence-corrected chi connectivity index (χ3v) is 3.77. The third-order valence-electron chi connectivity index (χ3n) is 3.28. The number of carbonyl (C=O) groups excluding carboxylic acids is 1. The lowest BCUT2D eigenvalue weighted by atomic mass is 10.1. The quantitative estimate of drug-likeness (QED) is 0.708. The molecule has 5 nitrogen and oxygen atoms in total. The Morgan fingerprint density at radius 1 is 1.17 bits per heavy atom. The van der Waals surface area contributed by atoms with Crippen molar-refractivity contribution >= 4 is 38.5 Å². The molecule has 2 aromatic carbocycles. The minimum atomic E-state index is -0.592. The van der Waals surface area contributed by atoms with E-state index in [9.17, 15) is 9.59 Å². The van der Waals surface area contributed by atoms with E-state index in [-0.39, 0.29) is 11.5 Å². The molecular formula is C17H12BrNO4. The highest BCUT2D eigenvalue weighted by molar-refractivity contribution is 9.10. The highest BCUT2D eigenvalue weighted by Crippen LogP contribution is 2.23. The van der Waals surface area contributed by atoms with Crippen LogP contribution in [0.3, 0.4) is 0 Å². The summed E-state index contributed by atoms with van der Waals surface area (Å²) in [6.45, 7) is 0. The number of amides is 1. The number of fused-ring (bicyclic) bond motifs is 1. The van der Waals surface area contributed by atoms with Crippen molar-refractivity contribution in [3.8, 4) is 5.75 Å². The molecule has 23 heavy (non-hydrogen) atoms. The second kappa shape index (κ2) is 6.26. The molecule has 3 aromatic rings. The zero-order valence-electron chi connectivity index (χ0n) is 12.1. The van der Waals surface area contributed by atoms with Gasteiger partial charge in [0, 0.05) is 27.7 Å². The molecule has 0 saturated carbocycles. The van der Waals surface area contributed by atoms with Crippen molar-refractivity contribution in [2.75, 3.05) is 12.4 Å². The summed E-state index contributed by atoms with van der Waals surface area (Å²) in [5.74, 6) is 0.163. The van der Waals surface area contributed by atoms with Crippen molar-refractivity contribution in [3.05, 3.63) is 69.0 Å². The molecule has 0 aliphatic carbocycles. The zero-order chi connectivity index (χ0) is 16.4. The average molecular weight is 374 g/mol. The van der Waals surface area contributed by atoms with Crippen LogP contribution in [0, 0.1) is 0 Å². The number of ether oxygens (including phenoxy) is 1. The molecule has 0 unspecified atom stereocenters. The number of nitrogens with one attached hydrogen (secondary N) is 1. The van der Waals surface area contributed by atoms with E-state index in [4.69, 9.17) is 9.15 Å². The lowest BCUT2D eigenvalue weighted by Gasteiger charge is -2.08. The van der Waals surface area contributed by atoms with Gasteiger partial charge in [0.2, 0.25) is 0 Å². The van der Waals surface area contributed by atoms with Crippen molar-refractivity contribution in [3.63, 3.8) is 0 Å². The van der Waals surface area contributed by atoms with E-state index in [1.165, 1.54) is 13.2 Å². The van der Waals surface area contributed by atoms with Gasteiger partial charge in [-0.25, -0.2) is 4.79 Å². The normalized spacial score (nSPS) is 10.5. The molecule has 1 aromatic heterocycles. The van der Waals surface area contributed by atoms with Crippen LogP contribution in [0.5, 0.6) is 5.75 Å². The van der Waals surface area contributed by atoms with Gasteiger partial charge in [-0.15, -0.1) is 0 Å². The maximum absolute atomic E-state index is 12.5. The molecule has 0 atom stereocenters. The van der Waals surface area contributed by atoms with E-state index in [2.05, 4.69) is 21.2 Å². The summed E-state index contributed by atoms with van der Waals surface area (Å²) in [7, 11) is 1.52. The predicted molar refractivity (Wildman–Crippen MR) is 91.1 cm³/mol. The van der Waals surface area contributed by atoms with Gasteiger partial charge in [0.05, 0.1) is 12.7 Å². The summed E-state index contributed by atoms with van der Waals surface area (Å²) in [5, 5.41) is 3.31. The van der Waals surface area contributed by atoms with Crippen LogP contribution < -0.4 is 15.7 Å². The van der Waals surface area contributed by atoms with Crippen LogP contribution in [0.2, 0.25) is 0 Å². The van der Waals surface area contributed by atoms with Crippen LogP contribution in [0.25, 0.3) is 11.0 Å². The number of anilines is 1. The van der Waals surface area contributed by atoms with Crippen LogP contribution in [0.1, 0.15) is 10.4 Å². The molecule has 0 spiro atoms. The number of hydrogen-bond acceptors (Lipinski definition) is 4.